The minimum atomic E-state index is -1.01. The molecule has 0 aliphatic rings. The lowest BCUT2D eigenvalue weighted by molar-refractivity contribution is -0.131. The second-order valence-corrected chi connectivity index (χ2v) is 9.79. The predicted octanol–water partition coefficient (Wildman–Crippen LogP) is -0.181. The molecule has 3 atom stereocenters. The third-order valence-electron chi connectivity index (χ3n) is 5.76. The Morgan fingerprint density at radius 3 is 1.97 bits per heavy atom. The largest absolute Gasteiger partial charge is 0.508 e. The van der Waals surface area contributed by atoms with Crippen LogP contribution in [-0.2, 0) is 36.8 Å². The van der Waals surface area contributed by atoms with Gasteiger partial charge in [0.05, 0.1) is 19.1 Å². The molecule has 2 rings (SSSR count). The molecular weight excluding hydrogens is 522 g/mol. The molecule has 0 saturated heterocycles. The summed E-state index contributed by atoms with van der Waals surface area (Å²) >= 11 is 3.84. The van der Waals surface area contributed by atoms with E-state index in [-0.39, 0.29) is 24.5 Å². The number of carbonyl (C=O) groups excluding carboxylic acids is 5. The monoisotopic (exact) mass is 557 g/mol. The van der Waals surface area contributed by atoms with Crippen LogP contribution in [0.4, 0.5) is 0 Å². The standard InChI is InChI=1S/C27H35N5O6S/c1-16(2)24(27(38)39)32-26(37)21(13-17-6-4-3-5-7-17)31-23(35)15-29-22(34)14-30-25(36)20(28)12-18-8-10-19(33)11-9-18/h3-11,16,20-21,24,33H,12-15,28H2,1-2H3,(H,29,34)(H,30,36)(H,31,35)(H,32,37)(H,38,39)/t20-,21-,24-/m0/s1. The van der Waals surface area contributed by atoms with Gasteiger partial charge >= 0.3 is 0 Å². The smallest absolute Gasteiger partial charge is 0.243 e. The average Bonchev–Trinajstić information content (AvgIpc) is 2.90. The lowest BCUT2D eigenvalue weighted by atomic mass is 10.0. The van der Waals surface area contributed by atoms with E-state index in [9.17, 15) is 29.1 Å². The van der Waals surface area contributed by atoms with Gasteiger partial charge < -0.3 is 32.1 Å². The fourth-order valence-corrected chi connectivity index (χ4v) is 3.95. The van der Waals surface area contributed by atoms with Crippen LogP contribution >= 0.6 is 12.6 Å². The number of carbonyl (C=O) groups is 5. The summed E-state index contributed by atoms with van der Waals surface area (Å²) < 4.78 is 0. The van der Waals surface area contributed by atoms with E-state index < -0.39 is 60.0 Å². The Bertz CT molecular complexity index is 1140. The van der Waals surface area contributed by atoms with Crippen molar-refractivity contribution >= 4 is 41.4 Å². The molecule has 2 aromatic rings. The van der Waals surface area contributed by atoms with Crippen LogP contribution in [0.5, 0.6) is 5.75 Å². The highest BCUT2D eigenvalue weighted by atomic mass is 32.1. The summed E-state index contributed by atoms with van der Waals surface area (Å²) in [5, 5.41) is 18.9. The summed E-state index contributed by atoms with van der Waals surface area (Å²) in [4.78, 5) is 61.7. The van der Waals surface area contributed by atoms with Gasteiger partial charge in [-0.05, 0) is 35.6 Å². The van der Waals surface area contributed by atoms with E-state index in [4.69, 9.17) is 5.73 Å². The van der Waals surface area contributed by atoms with Crippen molar-refractivity contribution in [2.75, 3.05) is 13.1 Å². The Morgan fingerprint density at radius 2 is 1.38 bits per heavy atom. The van der Waals surface area contributed by atoms with Gasteiger partial charge in [-0.3, -0.25) is 24.0 Å². The summed E-state index contributed by atoms with van der Waals surface area (Å²) in [7, 11) is 0. The predicted molar refractivity (Wildman–Crippen MR) is 149 cm³/mol. The van der Waals surface area contributed by atoms with Crippen LogP contribution in [0.1, 0.15) is 25.0 Å². The van der Waals surface area contributed by atoms with Gasteiger partial charge in [0.2, 0.25) is 28.7 Å². The molecule has 4 amide bonds. The number of nitrogens with two attached hydrogens (primary N) is 1. The van der Waals surface area contributed by atoms with Crippen LogP contribution in [0.3, 0.4) is 0 Å². The third kappa shape index (κ3) is 11.2. The van der Waals surface area contributed by atoms with Gasteiger partial charge in [0.1, 0.15) is 17.8 Å². The van der Waals surface area contributed by atoms with Gasteiger partial charge in [-0.2, -0.15) is 0 Å². The molecule has 7 N–H and O–H groups in total. The molecule has 0 aliphatic heterocycles. The van der Waals surface area contributed by atoms with Crippen molar-refractivity contribution in [3.63, 3.8) is 0 Å². The van der Waals surface area contributed by atoms with Crippen LogP contribution in [0.2, 0.25) is 0 Å². The number of aromatic hydroxyl groups is 1. The van der Waals surface area contributed by atoms with Crippen LogP contribution in [0, 0.1) is 5.92 Å². The number of phenolic OH excluding ortho intramolecular Hbond substituents is 1. The summed E-state index contributed by atoms with van der Waals surface area (Å²) in [5.74, 6) is -2.49. The van der Waals surface area contributed by atoms with E-state index in [2.05, 4.69) is 33.9 Å². The molecule has 0 fully saturated rings. The molecule has 0 saturated carbocycles. The maximum Gasteiger partial charge on any atom is 0.243 e. The van der Waals surface area contributed by atoms with Crippen molar-refractivity contribution in [2.45, 2.75) is 44.8 Å². The molecule has 2 aromatic carbocycles. The first-order chi connectivity index (χ1) is 18.5. The van der Waals surface area contributed by atoms with E-state index in [0.717, 1.165) is 11.1 Å². The maximum atomic E-state index is 13.0. The van der Waals surface area contributed by atoms with Crippen molar-refractivity contribution in [1.82, 2.24) is 21.3 Å². The number of hydrogen-bond donors (Lipinski definition) is 7. The van der Waals surface area contributed by atoms with Crippen molar-refractivity contribution in [3.8, 4) is 5.75 Å². The summed E-state index contributed by atoms with van der Waals surface area (Å²) in [6.07, 6.45) is 0.365. The van der Waals surface area contributed by atoms with E-state index in [1.54, 1.807) is 50.2 Å². The molecular formula is C27H35N5O6S. The first kappa shape index (κ1) is 31.3. The number of nitrogens with one attached hydrogen (secondary N) is 4. The zero-order chi connectivity index (χ0) is 28.9. The lowest BCUT2D eigenvalue weighted by Crippen LogP contribution is -2.54. The zero-order valence-corrected chi connectivity index (χ0v) is 22.7. The Hall–Kier alpha value is -3.90. The van der Waals surface area contributed by atoms with Crippen LogP contribution in [0.25, 0.3) is 0 Å². The summed E-state index contributed by atoms with van der Waals surface area (Å²) in [6, 6.07) is 12.5. The number of phenols is 1. The van der Waals surface area contributed by atoms with E-state index in [1.807, 2.05) is 6.07 Å². The van der Waals surface area contributed by atoms with E-state index in [0.29, 0.717) is 0 Å². The highest BCUT2D eigenvalue weighted by Gasteiger charge is 2.27. The van der Waals surface area contributed by atoms with Gasteiger partial charge in [-0.1, -0.05) is 56.3 Å². The molecule has 0 radical (unpaired) electrons. The Morgan fingerprint density at radius 1 is 0.795 bits per heavy atom. The molecule has 0 heterocycles. The molecule has 39 heavy (non-hydrogen) atoms. The van der Waals surface area contributed by atoms with Crippen LogP contribution in [-0.4, -0.2) is 65.1 Å². The van der Waals surface area contributed by atoms with Gasteiger partial charge in [0.25, 0.3) is 0 Å². The normalized spacial score (nSPS) is 13.1. The molecule has 0 aromatic heterocycles. The van der Waals surface area contributed by atoms with Gasteiger partial charge in [0.15, 0.2) is 0 Å². The third-order valence-corrected chi connectivity index (χ3v) is 6.04. The molecule has 11 nitrogen and oxygen atoms in total. The summed E-state index contributed by atoms with van der Waals surface area (Å²) in [6.45, 7) is 2.69. The average molecular weight is 558 g/mol. The van der Waals surface area contributed by atoms with E-state index >= 15 is 0 Å². The van der Waals surface area contributed by atoms with E-state index in [1.165, 1.54) is 12.1 Å². The maximum absolute atomic E-state index is 13.0. The number of thiol groups is 1. The highest BCUT2D eigenvalue weighted by molar-refractivity contribution is 7.96. The van der Waals surface area contributed by atoms with Crippen molar-refractivity contribution in [3.05, 3.63) is 65.7 Å². The zero-order valence-electron chi connectivity index (χ0n) is 21.8. The van der Waals surface area contributed by atoms with Gasteiger partial charge in [0, 0.05) is 6.42 Å². The van der Waals surface area contributed by atoms with Gasteiger partial charge in [-0.25, -0.2) is 0 Å². The SMILES string of the molecule is CC(C)[C@H](NC(=O)[C@H](Cc1ccccc1)NC(=O)CNC(=O)CNC(=O)[C@@H](N)Cc1ccc(O)cc1)C(=O)S. The minimum Gasteiger partial charge on any atom is -0.508 e. The minimum absolute atomic E-state index is 0.0945. The van der Waals surface area contributed by atoms with Crippen LogP contribution < -0.4 is 27.0 Å². The van der Waals surface area contributed by atoms with Crippen molar-refractivity contribution in [1.29, 1.82) is 0 Å². The Kier molecular flexibility index (Phi) is 12.4. The van der Waals surface area contributed by atoms with Crippen LogP contribution in [0.15, 0.2) is 54.6 Å². The molecule has 210 valence electrons. The molecule has 0 unspecified atom stereocenters. The molecule has 12 heteroatoms. The topological polar surface area (TPSA) is 180 Å². The molecule has 0 spiro atoms. The summed E-state index contributed by atoms with van der Waals surface area (Å²) in [5.41, 5.74) is 7.40. The Labute approximate surface area is 232 Å². The van der Waals surface area contributed by atoms with Crippen molar-refractivity contribution in [2.24, 2.45) is 11.7 Å². The number of rotatable bonds is 14. The second-order valence-electron chi connectivity index (χ2n) is 9.35. The number of hydrogen-bond acceptors (Lipinski definition) is 7. The first-order valence-electron chi connectivity index (χ1n) is 12.4. The lowest BCUT2D eigenvalue weighted by Gasteiger charge is -2.24. The Balaban J connectivity index is 1.88. The molecule has 0 bridgehead atoms. The number of amides is 4. The fraction of sp³-hybridized carbons (Fsp3) is 0.370. The second kappa shape index (κ2) is 15.5. The fourth-order valence-electron chi connectivity index (χ4n) is 3.59. The molecule has 0 aliphatic carbocycles. The number of benzene rings is 2. The van der Waals surface area contributed by atoms with Gasteiger partial charge in [-0.15, -0.1) is 12.6 Å². The quantitative estimate of drug-likeness (QED) is 0.157. The highest BCUT2D eigenvalue weighted by Crippen LogP contribution is 2.11. The van der Waals surface area contributed by atoms with Crippen molar-refractivity contribution < 1.29 is 29.1 Å². The first-order valence-corrected chi connectivity index (χ1v) is 12.8.